The van der Waals surface area contributed by atoms with Gasteiger partial charge in [0.15, 0.2) is 0 Å². The maximum absolute atomic E-state index is 12.0. The minimum Gasteiger partial charge on any atom is -0.347 e. The third-order valence-corrected chi connectivity index (χ3v) is 5.62. The van der Waals surface area contributed by atoms with E-state index >= 15 is 0 Å². The first-order valence-corrected chi connectivity index (χ1v) is 10.00. The highest BCUT2D eigenvalue weighted by Crippen LogP contribution is 2.28. The molecule has 0 saturated heterocycles. The van der Waals surface area contributed by atoms with Crippen LogP contribution in [0.2, 0.25) is 5.02 Å². The van der Waals surface area contributed by atoms with Gasteiger partial charge in [-0.1, -0.05) is 47.5 Å². The summed E-state index contributed by atoms with van der Waals surface area (Å²) in [4.78, 5) is 29.7. The molecule has 2 N–H and O–H groups in total. The van der Waals surface area contributed by atoms with Crippen LogP contribution in [0, 0.1) is 13.8 Å². The van der Waals surface area contributed by atoms with Crippen molar-refractivity contribution in [3.8, 4) is 10.6 Å². The fraction of sp³-hybridized carbons (Fsp3) is 0.190. The summed E-state index contributed by atoms with van der Waals surface area (Å²) in [5.41, 5.74) is 3.71. The van der Waals surface area contributed by atoms with Crippen LogP contribution in [0.25, 0.3) is 10.6 Å². The summed E-state index contributed by atoms with van der Waals surface area (Å²) in [6.07, 6.45) is 0.617. The third-order valence-electron chi connectivity index (χ3n) is 4.12. The molecule has 0 radical (unpaired) electrons. The molecule has 2 amide bonds. The van der Waals surface area contributed by atoms with Gasteiger partial charge in [-0.05, 0) is 32.0 Å². The smallest absolute Gasteiger partial charge is 0.313 e. The maximum atomic E-state index is 12.0. The summed E-state index contributed by atoms with van der Waals surface area (Å²) in [6, 6.07) is 14.9. The van der Waals surface area contributed by atoms with Gasteiger partial charge in [-0.25, -0.2) is 4.98 Å². The van der Waals surface area contributed by atoms with Gasteiger partial charge in [0.05, 0.1) is 5.69 Å². The van der Waals surface area contributed by atoms with Gasteiger partial charge in [-0.15, -0.1) is 11.3 Å². The molecule has 0 unspecified atom stereocenters. The number of aromatic nitrogens is 1. The van der Waals surface area contributed by atoms with Gasteiger partial charge in [-0.2, -0.15) is 0 Å². The lowest BCUT2D eigenvalue weighted by atomic mass is 10.2. The quantitative estimate of drug-likeness (QED) is 0.610. The molecule has 0 aliphatic carbocycles. The zero-order valence-corrected chi connectivity index (χ0v) is 17.2. The van der Waals surface area contributed by atoms with Crippen molar-refractivity contribution in [3.63, 3.8) is 0 Å². The van der Waals surface area contributed by atoms with Crippen LogP contribution in [0.3, 0.4) is 0 Å². The van der Waals surface area contributed by atoms with Gasteiger partial charge in [0.1, 0.15) is 5.01 Å². The average Bonchev–Trinajstić information content (AvgIpc) is 3.03. The van der Waals surface area contributed by atoms with Crippen molar-refractivity contribution in [2.45, 2.75) is 20.3 Å². The molecule has 0 atom stereocenters. The molecule has 0 aliphatic rings. The van der Waals surface area contributed by atoms with E-state index in [1.54, 1.807) is 35.6 Å². The average molecular weight is 414 g/mol. The number of hydrogen-bond donors (Lipinski definition) is 2. The number of thiazole rings is 1. The van der Waals surface area contributed by atoms with Crippen LogP contribution in [0.5, 0.6) is 0 Å². The Kier molecular flexibility index (Phi) is 6.44. The van der Waals surface area contributed by atoms with E-state index in [0.717, 1.165) is 21.1 Å². The molecule has 2 aromatic carbocycles. The fourth-order valence-electron chi connectivity index (χ4n) is 2.60. The Morgan fingerprint density at radius 1 is 1.07 bits per heavy atom. The van der Waals surface area contributed by atoms with Gasteiger partial charge in [0.2, 0.25) is 0 Å². The van der Waals surface area contributed by atoms with E-state index in [4.69, 9.17) is 11.6 Å². The number of rotatable bonds is 5. The van der Waals surface area contributed by atoms with Gasteiger partial charge in [-0.3, -0.25) is 9.59 Å². The molecule has 0 saturated carbocycles. The van der Waals surface area contributed by atoms with Crippen LogP contribution in [-0.2, 0) is 16.0 Å². The van der Waals surface area contributed by atoms with Crippen LogP contribution in [0.4, 0.5) is 5.69 Å². The largest absolute Gasteiger partial charge is 0.347 e. The first kappa shape index (κ1) is 20.0. The minimum absolute atomic E-state index is 0.359. The number of halogens is 1. The summed E-state index contributed by atoms with van der Waals surface area (Å²) in [7, 11) is 0. The lowest BCUT2D eigenvalue weighted by Gasteiger charge is -2.06. The number of benzene rings is 2. The molecule has 0 fully saturated rings. The Balaban J connectivity index is 1.53. The van der Waals surface area contributed by atoms with Crippen LogP contribution < -0.4 is 10.6 Å². The molecule has 1 heterocycles. The lowest BCUT2D eigenvalue weighted by molar-refractivity contribution is -0.136. The molecule has 1 aromatic heterocycles. The molecule has 0 bridgehead atoms. The first-order valence-electron chi connectivity index (χ1n) is 8.80. The third kappa shape index (κ3) is 5.18. The second kappa shape index (κ2) is 8.99. The lowest BCUT2D eigenvalue weighted by Crippen LogP contribution is -2.36. The molecule has 144 valence electrons. The van der Waals surface area contributed by atoms with E-state index in [1.807, 2.05) is 13.8 Å². The SMILES string of the molecule is Cc1ccc(-c2nc(C)c(CCNC(=O)C(=O)Nc3cccc(Cl)c3)s2)cc1. The Morgan fingerprint density at radius 3 is 2.54 bits per heavy atom. The van der Waals surface area contributed by atoms with Gasteiger partial charge in [0.25, 0.3) is 0 Å². The molecule has 28 heavy (non-hydrogen) atoms. The van der Waals surface area contributed by atoms with E-state index in [9.17, 15) is 9.59 Å². The summed E-state index contributed by atoms with van der Waals surface area (Å²) in [6.45, 7) is 4.36. The van der Waals surface area contributed by atoms with Crippen LogP contribution >= 0.6 is 22.9 Å². The summed E-state index contributed by atoms with van der Waals surface area (Å²) in [5.74, 6) is -1.40. The number of carbonyl (C=O) groups excluding carboxylic acids is 2. The van der Waals surface area contributed by atoms with Crippen molar-refractivity contribution >= 4 is 40.4 Å². The van der Waals surface area contributed by atoms with E-state index in [1.165, 1.54) is 5.56 Å². The Hall–Kier alpha value is -2.70. The topological polar surface area (TPSA) is 71.1 Å². The highest BCUT2D eigenvalue weighted by Gasteiger charge is 2.14. The van der Waals surface area contributed by atoms with Crippen molar-refractivity contribution < 1.29 is 9.59 Å². The van der Waals surface area contributed by atoms with Crippen molar-refractivity contribution in [1.82, 2.24) is 10.3 Å². The standard InChI is InChI=1S/C21H20ClN3O2S/c1-13-6-8-15(9-7-13)21-24-14(2)18(28-21)10-11-23-19(26)20(27)25-17-5-3-4-16(22)12-17/h3-9,12H,10-11H2,1-2H3,(H,23,26)(H,25,27). The van der Waals surface area contributed by atoms with Crippen molar-refractivity contribution in [1.29, 1.82) is 0 Å². The Morgan fingerprint density at radius 2 is 1.82 bits per heavy atom. The summed E-state index contributed by atoms with van der Waals surface area (Å²) in [5, 5.41) is 6.62. The van der Waals surface area contributed by atoms with Gasteiger partial charge >= 0.3 is 11.8 Å². The first-order chi connectivity index (χ1) is 13.4. The van der Waals surface area contributed by atoms with Gasteiger partial charge in [0, 0.05) is 34.1 Å². The summed E-state index contributed by atoms with van der Waals surface area (Å²) < 4.78 is 0. The molecule has 0 aliphatic heterocycles. The predicted octanol–water partition coefficient (Wildman–Crippen LogP) is 4.38. The van der Waals surface area contributed by atoms with Gasteiger partial charge < -0.3 is 10.6 Å². The number of amides is 2. The van der Waals surface area contributed by atoms with E-state index < -0.39 is 11.8 Å². The molecule has 5 nitrogen and oxygen atoms in total. The number of aryl methyl sites for hydroxylation is 2. The van der Waals surface area contributed by atoms with E-state index in [0.29, 0.717) is 23.7 Å². The van der Waals surface area contributed by atoms with Crippen molar-refractivity contribution in [3.05, 3.63) is 69.7 Å². The predicted molar refractivity (Wildman–Crippen MR) is 114 cm³/mol. The molecular weight excluding hydrogens is 394 g/mol. The minimum atomic E-state index is -0.719. The molecule has 7 heteroatoms. The van der Waals surface area contributed by atoms with Crippen molar-refractivity contribution in [2.24, 2.45) is 0 Å². The highest BCUT2D eigenvalue weighted by atomic mass is 35.5. The Labute approximate surface area is 172 Å². The second-order valence-electron chi connectivity index (χ2n) is 6.36. The zero-order chi connectivity index (χ0) is 20.1. The number of anilines is 1. The molecule has 0 spiro atoms. The number of hydrogen-bond acceptors (Lipinski definition) is 4. The zero-order valence-electron chi connectivity index (χ0n) is 15.6. The van der Waals surface area contributed by atoms with E-state index in [2.05, 4.69) is 39.9 Å². The number of carbonyl (C=O) groups is 2. The number of nitrogens with zero attached hydrogens (tertiary/aromatic N) is 1. The number of nitrogens with one attached hydrogen (secondary N) is 2. The molecule has 3 rings (SSSR count). The highest BCUT2D eigenvalue weighted by molar-refractivity contribution is 7.15. The molecule has 3 aromatic rings. The van der Waals surface area contributed by atoms with Crippen molar-refractivity contribution in [2.75, 3.05) is 11.9 Å². The van der Waals surface area contributed by atoms with Crippen LogP contribution in [-0.4, -0.2) is 23.3 Å². The Bertz CT molecular complexity index is 999. The maximum Gasteiger partial charge on any atom is 0.313 e. The van der Waals surface area contributed by atoms with Crippen LogP contribution in [0.1, 0.15) is 16.1 Å². The van der Waals surface area contributed by atoms with Crippen LogP contribution in [0.15, 0.2) is 48.5 Å². The fourth-order valence-corrected chi connectivity index (χ4v) is 3.86. The molecular formula is C21H20ClN3O2S. The second-order valence-corrected chi connectivity index (χ2v) is 7.88. The normalized spacial score (nSPS) is 10.5. The monoisotopic (exact) mass is 413 g/mol. The van der Waals surface area contributed by atoms with E-state index in [-0.39, 0.29) is 0 Å². The summed E-state index contributed by atoms with van der Waals surface area (Å²) >= 11 is 7.48.